The Hall–Kier alpha value is -1.62. The number of ether oxygens (including phenoxy) is 1. The third-order valence-corrected chi connectivity index (χ3v) is 3.73. The van der Waals surface area contributed by atoms with Gasteiger partial charge in [0.15, 0.2) is 0 Å². The lowest BCUT2D eigenvalue weighted by Crippen LogP contribution is -2.09. The van der Waals surface area contributed by atoms with Gasteiger partial charge in [-0.2, -0.15) is 0 Å². The second kappa shape index (κ2) is 6.22. The molecule has 0 spiro atoms. The Balaban J connectivity index is 2.10. The van der Waals surface area contributed by atoms with Crippen molar-refractivity contribution < 1.29 is 4.74 Å². The molecule has 0 saturated carbocycles. The number of fused-ring (bicyclic) bond motifs is 1. The molecule has 0 aliphatic heterocycles. The van der Waals surface area contributed by atoms with E-state index in [2.05, 4.69) is 42.2 Å². The maximum absolute atomic E-state index is 5.95. The zero-order valence-electron chi connectivity index (χ0n) is 12.8. The highest BCUT2D eigenvalue weighted by Gasteiger charge is 2.14. The lowest BCUT2D eigenvalue weighted by atomic mass is 10.1. The smallest absolute Gasteiger partial charge is 0.146 e. The predicted molar refractivity (Wildman–Crippen MR) is 81.7 cm³/mol. The Morgan fingerprint density at radius 1 is 1.25 bits per heavy atom. The Labute approximate surface area is 120 Å². The van der Waals surface area contributed by atoms with E-state index in [1.54, 1.807) is 0 Å². The molecule has 2 aromatic rings. The summed E-state index contributed by atoms with van der Waals surface area (Å²) >= 11 is 0. The van der Waals surface area contributed by atoms with Crippen LogP contribution >= 0.6 is 0 Å². The van der Waals surface area contributed by atoms with E-state index in [1.165, 1.54) is 12.0 Å². The van der Waals surface area contributed by atoms with Gasteiger partial charge in [-0.1, -0.05) is 13.8 Å². The zero-order chi connectivity index (χ0) is 14.7. The first-order valence-electron chi connectivity index (χ1n) is 7.16. The summed E-state index contributed by atoms with van der Waals surface area (Å²) in [5, 5.41) is 0.965. The van der Waals surface area contributed by atoms with Gasteiger partial charge in [0.05, 0.1) is 12.0 Å². The summed E-state index contributed by atoms with van der Waals surface area (Å²) in [6.45, 7) is 10.9. The molecule has 0 atom stereocenters. The van der Waals surface area contributed by atoms with Crippen molar-refractivity contribution in [2.75, 3.05) is 18.9 Å². The number of aromatic nitrogens is 3. The van der Waals surface area contributed by atoms with Crippen molar-refractivity contribution in [3.8, 4) is 0 Å². The third-order valence-electron chi connectivity index (χ3n) is 3.73. The normalized spacial score (nSPS) is 11.7. The first-order chi connectivity index (χ1) is 9.52. The molecule has 0 bridgehead atoms. The molecule has 20 heavy (non-hydrogen) atoms. The SMILES string of the molecule is Cc1c(C)n(CCOCCC(C)C)c2ncnc(N)c12. The fraction of sp³-hybridized carbons (Fsp3) is 0.600. The van der Waals surface area contributed by atoms with Crippen LogP contribution in [0.5, 0.6) is 0 Å². The first kappa shape index (κ1) is 14.8. The third kappa shape index (κ3) is 2.93. The number of hydrogen-bond donors (Lipinski definition) is 1. The minimum absolute atomic E-state index is 0.551. The van der Waals surface area contributed by atoms with Gasteiger partial charge in [-0.15, -0.1) is 0 Å². The number of aryl methyl sites for hydroxylation is 1. The van der Waals surface area contributed by atoms with Gasteiger partial charge < -0.3 is 15.0 Å². The van der Waals surface area contributed by atoms with Crippen molar-refractivity contribution in [3.05, 3.63) is 17.6 Å². The average Bonchev–Trinajstić information content (AvgIpc) is 2.64. The molecular weight excluding hydrogens is 252 g/mol. The van der Waals surface area contributed by atoms with Crippen LogP contribution in [0.2, 0.25) is 0 Å². The molecule has 2 N–H and O–H groups in total. The van der Waals surface area contributed by atoms with Crippen LogP contribution in [0.4, 0.5) is 5.82 Å². The van der Waals surface area contributed by atoms with E-state index in [0.717, 1.165) is 36.2 Å². The number of nitrogens with zero attached hydrogens (tertiary/aromatic N) is 3. The molecule has 2 rings (SSSR count). The summed E-state index contributed by atoms with van der Waals surface area (Å²) in [6, 6.07) is 0. The lowest BCUT2D eigenvalue weighted by Gasteiger charge is -2.09. The minimum Gasteiger partial charge on any atom is -0.383 e. The van der Waals surface area contributed by atoms with Crippen molar-refractivity contribution in [1.29, 1.82) is 0 Å². The Bertz CT molecular complexity index is 589. The Morgan fingerprint density at radius 3 is 2.70 bits per heavy atom. The van der Waals surface area contributed by atoms with E-state index in [0.29, 0.717) is 18.3 Å². The Morgan fingerprint density at radius 2 is 2.00 bits per heavy atom. The first-order valence-corrected chi connectivity index (χ1v) is 7.16. The second-order valence-electron chi connectivity index (χ2n) is 5.61. The maximum Gasteiger partial charge on any atom is 0.146 e. The van der Waals surface area contributed by atoms with Gasteiger partial charge in [0, 0.05) is 18.8 Å². The Kier molecular flexibility index (Phi) is 4.60. The van der Waals surface area contributed by atoms with Gasteiger partial charge in [-0.3, -0.25) is 0 Å². The largest absolute Gasteiger partial charge is 0.383 e. The zero-order valence-corrected chi connectivity index (χ0v) is 12.8. The van der Waals surface area contributed by atoms with Crippen LogP contribution in [0.3, 0.4) is 0 Å². The van der Waals surface area contributed by atoms with Crippen molar-refractivity contribution in [3.63, 3.8) is 0 Å². The monoisotopic (exact) mass is 276 g/mol. The van der Waals surface area contributed by atoms with Crippen molar-refractivity contribution >= 4 is 16.9 Å². The highest BCUT2D eigenvalue weighted by atomic mass is 16.5. The molecule has 0 aliphatic carbocycles. The molecule has 110 valence electrons. The number of rotatable bonds is 6. The minimum atomic E-state index is 0.551. The summed E-state index contributed by atoms with van der Waals surface area (Å²) in [6.07, 6.45) is 2.62. The number of hydrogen-bond acceptors (Lipinski definition) is 4. The van der Waals surface area contributed by atoms with E-state index in [-0.39, 0.29) is 0 Å². The van der Waals surface area contributed by atoms with Gasteiger partial charge in [-0.05, 0) is 31.7 Å². The van der Waals surface area contributed by atoms with E-state index < -0.39 is 0 Å². The average molecular weight is 276 g/mol. The van der Waals surface area contributed by atoms with Crippen LogP contribution in [0.25, 0.3) is 11.0 Å². The van der Waals surface area contributed by atoms with E-state index in [1.807, 2.05) is 0 Å². The molecular formula is C15H24N4O. The molecule has 5 heteroatoms. The number of nitrogens with two attached hydrogens (primary N) is 1. The second-order valence-corrected chi connectivity index (χ2v) is 5.61. The molecule has 0 aliphatic rings. The molecule has 0 aromatic carbocycles. The fourth-order valence-corrected chi connectivity index (χ4v) is 2.35. The van der Waals surface area contributed by atoms with E-state index >= 15 is 0 Å². The molecule has 0 unspecified atom stereocenters. The quantitative estimate of drug-likeness (QED) is 0.824. The maximum atomic E-state index is 5.95. The summed E-state index contributed by atoms with van der Waals surface area (Å²) < 4.78 is 7.86. The van der Waals surface area contributed by atoms with E-state index in [9.17, 15) is 0 Å². The standard InChI is InChI=1S/C15H24N4O/c1-10(2)5-7-20-8-6-19-12(4)11(3)13-14(16)17-9-18-15(13)19/h9-10H,5-8H2,1-4H3,(H2,16,17,18). The predicted octanol–water partition coefficient (Wildman–Crippen LogP) is 2.69. The van der Waals surface area contributed by atoms with Crippen molar-refractivity contribution in [2.45, 2.75) is 40.7 Å². The van der Waals surface area contributed by atoms with Gasteiger partial charge in [0.25, 0.3) is 0 Å². The molecule has 2 heterocycles. The van der Waals surface area contributed by atoms with Crippen LogP contribution in [0, 0.1) is 19.8 Å². The highest BCUT2D eigenvalue weighted by molar-refractivity contribution is 5.90. The van der Waals surface area contributed by atoms with Gasteiger partial charge in [0.1, 0.15) is 17.8 Å². The number of anilines is 1. The molecule has 0 fully saturated rings. The summed E-state index contributed by atoms with van der Waals surface area (Å²) in [5.74, 6) is 1.23. The lowest BCUT2D eigenvalue weighted by molar-refractivity contribution is 0.116. The fourth-order valence-electron chi connectivity index (χ4n) is 2.35. The molecule has 0 radical (unpaired) electrons. The topological polar surface area (TPSA) is 66.0 Å². The highest BCUT2D eigenvalue weighted by Crippen LogP contribution is 2.26. The van der Waals surface area contributed by atoms with Crippen molar-refractivity contribution in [2.24, 2.45) is 5.92 Å². The summed E-state index contributed by atoms with van der Waals surface area (Å²) in [7, 11) is 0. The van der Waals surface area contributed by atoms with Gasteiger partial charge >= 0.3 is 0 Å². The molecule has 0 amide bonds. The molecule has 5 nitrogen and oxygen atoms in total. The van der Waals surface area contributed by atoms with Crippen LogP contribution in [0.15, 0.2) is 6.33 Å². The molecule has 2 aromatic heterocycles. The van der Waals surface area contributed by atoms with Gasteiger partial charge in [-0.25, -0.2) is 9.97 Å². The summed E-state index contributed by atoms with van der Waals surface area (Å²) in [4.78, 5) is 8.44. The van der Waals surface area contributed by atoms with Crippen LogP contribution < -0.4 is 5.73 Å². The van der Waals surface area contributed by atoms with Crippen LogP contribution in [-0.4, -0.2) is 27.7 Å². The van der Waals surface area contributed by atoms with Crippen molar-refractivity contribution in [1.82, 2.24) is 14.5 Å². The van der Waals surface area contributed by atoms with Crippen LogP contribution in [0.1, 0.15) is 31.5 Å². The number of nitrogen functional groups attached to an aromatic ring is 1. The van der Waals surface area contributed by atoms with E-state index in [4.69, 9.17) is 10.5 Å². The molecule has 0 saturated heterocycles. The van der Waals surface area contributed by atoms with Gasteiger partial charge in [0.2, 0.25) is 0 Å². The summed E-state index contributed by atoms with van der Waals surface area (Å²) in [5.41, 5.74) is 9.19. The van der Waals surface area contributed by atoms with Crippen LogP contribution in [-0.2, 0) is 11.3 Å².